The molecule has 4 aromatic rings. The summed E-state index contributed by atoms with van der Waals surface area (Å²) in [7, 11) is 1.82. The maximum atomic E-state index is 12.8. The molecule has 1 aliphatic heterocycles. The highest BCUT2D eigenvalue weighted by molar-refractivity contribution is 5.97. The number of nitriles is 1. The molecule has 0 bridgehead atoms. The fourth-order valence-electron chi connectivity index (χ4n) is 3.84. The summed E-state index contributed by atoms with van der Waals surface area (Å²) in [6, 6.07) is 11.4. The van der Waals surface area contributed by atoms with Crippen LogP contribution >= 0.6 is 0 Å². The van der Waals surface area contributed by atoms with Crippen molar-refractivity contribution in [3.8, 4) is 17.3 Å². The number of carbonyl (C=O) groups excluding carboxylic acids is 1. The predicted molar refractivity (Wildman–Crippen MR) is 117 cm³/mol. The first-order valence-corrected chi connectivity index (χ1v) is 10.1. The predicted octanol–water partition coefficient (Wildman–Crippen LogP) is 2.28. The first-order valence-electron chi connectivity index (χ1n) is 10.1. The molecule has 5 rings (SSSR count). The van der Waals surface area contributed by atoms with Crippen LogP contribution in [0, 0.1) is 11.3 Å². The molecule has 0 saturated carbocycles. The second kappa shape index (κ2) is 7.96. The van der Waals surface area contributed by atoms with E-state index in [1.54, 1.807) is 57.2 Å². The normalized spacial score (nSPS) is 12.4. The number of aryl methyl sites for hydroxylation is 1. The van der Waals surface area contributed by atoms with Gasteiger partial charge in [0.1, 0.15) is 18.4 Å². The number of nitrogens with one attached hydrogen (secondary N) is 1. The lowest BCUT2D eigenvalue weighted by Crippen LogP contribution is -2.32. The molecule has 10 nitrogen and oxygen atoms in total. The Morgan fingerprint density at radius 1 is 1.22 bits per heavy atom. The first kappa shape index (κ1) is 19.4. The smallest absolute Gasteiger partial charge is 0.248 e. The molecule has 0 saturated heterocycles. The summed E-state index contributed by atoms with van der Waals surface area (Å²) in [5.41, 5.74) is 3.56. The Morgan fingerprint density at radius 3 is 2.88 bits per heavy atom. The van der Waals surface area contributed by atoms with E-state index in [0.29, 0.717) is 35.9 Å². The van der Waals surface area contributed by atoms with Crippen LogP contribution in [-0.2, 0) is 24.8 Å². The topological polar surface area (TPSA) is 118 Å². The van der Waals surface area contributed by atoms with Crippen LogP contribution in [0.1, 0.15) is 11.1 Å². The lowest BCUT2D eigenvalue weighted by atomic mass is 10.0. The Bertz CT molecular complexity index is 1330. The van der Waals surface area contributed by atoms with Crippen molar-refractivity contribution in [2.75, 3.05) is 16.8 Å². The summed E-state index contributed by atoms with van der Waals surface area (Å²) in [6.07, 6.45) is 7.41. The molecule has 0 radical (unpaired) electrons. The van der Waals surface area contributed by atoms with Gasteiger partial charge in [0.05, 0.1) is 23.1 Å². The third-order valence-electron chi connectivity index (χ3n) is 5.35. The molecule has 0 atom stereocenters. The van der Waals surface area contributed by atoms with E-state index in [1.165, 1.54) is 0 Å². The zero-order chi connectivity index (χ0) is 22.1. The van der Waals surface area contributed by atoms with Gasteiger partial charge in [-0.3, -0.25) is 14.2 Å². The molecule has 4 heterocycles. The number of aromatic nitrogens is 6. The standard InChI is InChI=1S/C22H19N9O/c1-29-19(4-8-25-29)28-22-24-7-3-18(27-22)16-11-15-5-10-31(21(15)17(12-16)13-23)20(32)14-30-9-2-6-26-30/h2-4,6-9,11-12H,5,10,14H2,1H3,(H,24,27,28). The Morgan fingerprint density at radius 2 is 2.12 bits per heavy atom. The van der Waals surface area contributed by atoms with Crippen molar-refractivity contribution >= 4 is 23.4 Å². The van der Waals surface area contributed by atoms with Gasteiger partial charge in [-0.1, -0.05) is 0 Å². The van der Waals surface area contributed by atoms with E-state index in [9.17, 15) is 10.1 Å². The number of nitrogens with zero attached hydrogens (tertiary/aromatic N) is 8. The summed E-state index contributed by atoms with van der Waals surface area (Å²) in [6.45, 7) is 0.665. The van der Waals surface area contributed by atoms with Crippen LogP contribution in [0.25, 0.3) is 11.3 Å². The zero-order valence-corrected chi connectivity index (χ0v) is 17.3. The van der Waals surface area contributed by atoms with Gasteiger partial charge >= 0.3 is 0 Å². The molecule has 0 spiro atoms. The molecule has 32 heavy (non-hydrogen) atoms. The van der Waals surface area contributed by atoms with Crippen molar-refractivity contribution in [1.82, 2.24) is 29.5 Å². The van der Waals surface area contributed by atoms with E-state index < -0.39 is 0 Å². The summed E-state index contributed by atoms with van der Waals surface area (Å²) in [5.74, 6) is 1.10. The lowest BCUT2D eigenvalue weighted by Gasteiger charge is -2.19. The van der Waals surface area contributed by atoms with E-state index in [0.717, 1.165) is 16.9 Å². The van der Waals surface area contributed by atoms with Gasteiger partial charge in [-0.25, -0.2) is 9.97 Å². The molecule has 0 unspecified atom stereocenters. The Balaban J connectivity index is 1.45. The van der Waals surface area contributed by atoms with E-state index in [4.69, 9.17) is 0 Å². The van der Waals surface area contributed by atoms with E-state index >= 15 is 0 Å². The van der Waals surface area contributed by atoms with Crippen LogP contribution in [0.4, 0.5) is 17.5 Å². The van der Waals surface area contributed by atoms with E-state index in [1.807, 2.05) is 19.2 Å². The number of hydrogen-bond acceptors (Lipinski definition) is 7. The summed E-state index contributed by atoms with van der Waals surface area (Å²) in [5, 5.41) is 21.2. The van der Waals surface area contributed by atoms with Crippen molar-refractivity contribution < 1.29 is 4.79 Å². The molecule has 1 aromatic carbocycles. The average molecular weight is 425 g/mol. The highest BCUT2D eigenvalue weighted by Gasteiger charge is 2.28. The fourth-order valence-corrected chi connectivity index (χ4v) is 3.84. The van der Waals surface area contributed by atoms with Crippen LogP contribution in [0.3, 0.4) is 0 Å². The molecule has 3 aromatic heterocycles. The van der Waals surface area contributed by atoms with Gasteiger partial charge in [0.2, 0.25) is 11.9 Å². The number of benzene rings is 1. The second-order valence-electron chi connectivity index (χ2n) is 7.37. The largest absolute Gasteiger partial charge is 0.309 e. The Labute approximate surface area is 183 Å². The summed E-state index contributed by atoms with van der Waals surface area (Å²) >= 11 is 0. The number of fused-ring (bicyclic) bond motifs is 1. The minimum absolute atomic E-state index is 0.0959. The highest BCUT2D eigenvalue weighted by atomic mass is 16.2. The van der Waals surface area contributed by atoms with Crippen LogP contribution < -0.4 is 10.2 Å². The first-order chi connectivity index (χ1) is 15.6. The quantitative estimate of drug-likeness (QED) is 0.521. The maximum absolute atomic E-state index is 12.8. The van der Waals surface area contributed by atoms with Crippen molar-refractivity contribution in [3.05, 3.63) is 66.2 Å². The molecular formula is C22H19N9O. The molecule has 1 amide bonds. The molecule has 158 valence electrons. The number of anilines is 3. The molecule has 10 heteroatoms. The van der Waals surface area contributed by atoms with Crippen LogP contribution in [0.2, 0.25) is 0 Å². The van der Waals surface area contributed by atoms with Gasteiger partial charge in [-0.05, 0) is 36.2 Å². The van der Waals surface area contributed by atoms with Crippen LogP contribution in [-0.4, -0.2) is 42.0 Å². The van der Waals surface area contributed by atoms with Crippen LogP contribution in [0.5, 0.6) is 0 Å². The Hall–Kier alpha value is -4.52. The Kier molecular flexibility index (Phi) is 4.84. The average Bonchev–Trinajstić information content (AvgIpc) is 3.55. The third-order valence-corrected chi connectivity index (χ3v) is 5.35. The number of amides is 1. The minimum atomic E-state index is -0.0959. The van der Waals surface area contributed by atoms with Gasteiger partial charge in [0, 0.05) is 43.8 Å². The van der Waals surface area contributed by atoms with Crippen molar-refractivity contribution in [2.45, 2.75) is 13.0 Å². The summed E-state index contributed by atoms with van der Waals surface area (Å²) in [4.78, 5) is 23.4. The lowest BCUT2D eigenvalue weighted by molar-refractivity contribution is -0.119. The minimum Gasteiger partial charge on any atom is -0.309 e. The van der Waals surface area contributed by atoms with Crippen molar-refractivity contribution in [3.63, 3.8) is 0 Å². The van der Waals surface area contributed by atoms with Gasteiger partial charge in [0.15, 0.2) is 0 Å². The van der Waals surface area contributed by atoms with Gasteiger partial charge in [-0.2, -0.15) is 15.5 Å². The summed E-state index contributed by atoms with van der Waals surface area (Å²) < 4.78 is 3.27. The van der Waals surface area contributed by atoms with Gasteiger partial charge in [-0.15, -0.1) is 0 Å². The van der Waals surface area contributed by atoms with Gasteiger partial charge in [0.25, 0.3) is 0 Å². The molecule has 0 fully saturated rings. The molecule has 0 aliphatic carbocycles. The molecular weight excluding hydrogens is 406 g/mol. The highest BCUT2D eigenvalue weighted by Crippen LogP contribution is 2.36. The fraction of sp³-hybridized carbons (Fsp3) is 0.182. The van der Waals surface area contributed by atoms with E-state index in [2.05, 4.69) is 31.6 Å². The number of carbonyl (C=O) groups is 1. The maximum Gasteiger partial charge on any atom is 0.248 e. The molecule has 1 aliphatic rings. The monoisotopic (exact) mass is 425 g/mol. The second-order valence-corrected chi connectivity index (χ2v) is 7.37. The SMILES string of the molecule is Cn1nccc1Nc1nccc(-c2cc(C#N)c3c(c2)CCN3C(=O)Cn2cccn2)n1. The zero-order valence-electron chi connectivity index (χ0n) is 17.3. The van der Waals surface area contributed by atoms with Crippen molar-refractivity contribution in [1.29, 1.82) is 5.26 Å². The van der Waals surface area contributed by atoms with E-state index in [-0.39, 0.29) is 12.5 Å². The number of rotatable bonds is 5. The number of hydrogen-bond donors (Lipinski definition) is 1. The van der Waals surface area contributed by atoms with Crippen LogP contribution in [0.15, 0.2) is 55.1 Å². The third kappa shape index (κ3) is 3.56. The molecule has 1 N–H and O–H groups in total. The van der Waals surface area contributed by atoms with Gasteiger partial charge < -0.3 is 10.2 Å². The van der Waals surface area contributed by atoms with Crippen molar-refractivity contribution in [2.24, 2.45) is 7.05 Å².